The van der Waals surface area contributed by atoms with Crippen molar-refractivity contribution >= 4 is 11.5 Å². The first kappa shape index (κ1) is 16.4. The minimum atomic E-state index is -0.414. The topological polar surface area (TPSA) is 62.5 Å². The maximum absolute atomic E-state index is 10.7. The third kappa shape index (κ3) is 4.08. The number of hydrogen-bond acceptors (Lipinski definition) is 5. The van der Waals surface area contributed by atoms with Gasteiger partial charge < -0.3 is 4.90 Å². The monoisotopic (exact) mass is 326 g/mol. The van der Waals surface area contributed by atoms with Crippen molar-refractivity contribution in [2.24, 2.45) is 0 Å². The quantitative estimate of drug-likeness (QED) is 0.638. The highest BCUT2D eigenvalue weighted by atomic mass is 16.6. The predicted molar refractivity (Wildman–Crippen MR) is 94.2 cm³/mol. The van der Waals surface area contributed by atoms with E-state index < -0.39 is 4.92 Å². The minimum absolute atomic E-state index is 0.0366. The second kappa shape index (κ2) is 7.40. The summed E-state index contributed by atoms with van der Waals surface area (Å²) in [5.41, 5.74) is 2.65. The average molecular weight is 326 g/mol. The molecule has 1 fully saturated rings. The van der Waals surface area contributed by atoms with Crippen molar-refractivity contribution in [3.8, 4) is 0 Å². The summed E-state index contributed by atoms with van der Waals surface area (Å²) in [7, 11) is 0. The Morgan fingerprint density at radius 3 is 2.54 bits per heavy atom. The molecular formula is C18H22N4O2. The lowest BCUT2D eigenvalue weighted by atomic mass is 10.1. The van der Waals surface area contributed by atoms with E-state index in [2.05, 4.69) is 46.0 Å². The molecule has 2 aromatic rings. The maximum atomic E-state index is 10.7. The molecular weight excluding hydrogens is 304 g/mol. The molecule has 6 heteroatoms. The number of aryl methyl sites for hydroxylation is 1. The number of anilines is 1. The summed E-state index contributed by atoms with van der Waals surface area (Å²) in [6.07, 6.45) is 2.40. The highest BCUT2D eigenvalue weighted by Crippen LogP contribution is 2.18. The van der Waals surface area contributed by atoms with E-state index in [0.29, 0.717) is 0 Å². The van der Waals surface area contributed by atoms with Crippen LogP contribution in [0.3, 0.4) is 0 Å². The molecule has 0 radical (unpaired) electrons. The third-order valence-electron chi connectivity index (χ3n) is 4.38. The molecule has 126 valence electrons. The van der Waals surface area contributed by atoms with Crippen LogP contribution in [0, 0.1) is 17.0 Å². The van der Waals surface area contributed by atoms with Crippen molar-refractivity contribution in [1.29, 1.82) is 0 Å². The van der Waals surface area contributed by atoms with Crippen molar-refractivity contribution in [1.82, 2.24) is 9.88 Å². The van der Waals surface area contributed by atoms with Gasteiger partial charge in [0.2, 0.25) is 0 Å². The van der Waals surface area contributed by atoms with E-state index >= 15 is 0 Å². The SMILES string of the molecule is Cc1ccc(CN2CCCN(c3ccc([N+](=O)[O-])cn3)CC2)cc1. The number of nitrogens with zero attached hydrogens (tertiary/aromatic N) is 4. The number of hydrogen-bond donors (Lipinski definition) is 0. The predicted octanol–water partition coefficient (Wildman–Crippen LogP) is 3.01. The second-order valence-corrected chi connectivity index (χ2v) is 6.23. The molecule has 1 aromatic carbocycles. The molecule has 0 spiro atoms. The summed E-state index contributed by atoms with van der Waals surface area (Å²) in [6.45, 7) is 6.89. The van der Waals surface area contributed by atoms with Crippen molar-refractivity contribution < 1.29 is 4.92 Å². The number of rotatable bonds is 4. The summed E-state index contributed by atoms with van der Waals surface area (Å²) in [6, 6.07) is 12.0. The van der Waals surface area contributed by atoms with Crippen LogP contribution >= 0.6 is 0 Å². The van der Waals surface area contributed by atoms with E-state index in [1.54, 1.807) is 6.07 Å². The summed E-state index contributed by atoms with van der Waals surface area (Å²) < 4.78 is 0. The Bertz CT molecular complexity index is 685. The zero-order valence-corrected chi connectivity index (χ0v) is 13.9. The maximum Gasteiger partial charge on any atom is 0.287 e. The normalized spacial score (nSPS) is 16.0. The Kier molecular flexibility index (Phi) is 5.05. The first-order valence-electron chi connectivity index (χ1n) is 8.25. The highest BCUT2D eigenvalue weighted by Gasteiger charge is 2.17. The van der Waals surface area contributed by atoms with Crippen molar-refractivity contribution in [2.75, 3.05) is 31.1 Å². The van der Waals surface area contributed by atoms with Crippen molar-refractivity contribution in [2.45, 2.75) is 19.9 Å². The zero-order valence-electron chi connectivity index (χ0n) is 13.9. The first-order valence-corrected chi connectivity index (χ1v) is 8.25. The largest absolute Gasteiger partial charge is 0.355 e. The van der Waals surface area contributed by atoms with Crippen molar-refractivity contribution in [3.05, 3.63) is 63.8 Å². The minimum Gasteiger partial charge on any atom is -0.355 e. The molecule has 0 amide bonds. The molecule has 6 nitrogen and oxygen atoms in total. The van der Waals surface area contributed by atoms with Crippen LogP contribution in [0.25, 0.3) is 0 Å². The van der Waals surface area contributed by atoms with E-state index in [9.17, 15) is 10.1 Å². The first-order chi connectivity index (χ1) is 11.6. The van der Waals surface area contributed by atoms with Gasteiger partial charge in [0.1, 0.15) is 12.0 Å². The summed E-state index contributed by atoms with van der Waals surface area (Å²) in [5.74, 6) is 0.817. The van der Waals surface area contributed by atoms with Gasteiger partial charge in [-0.3, -0.25) is 15.0 Å². The van der Waals surface area contributed by atoms with E-state index in [-0.39, 0.29) is 5.69 Å². The van der Waals surface area contributed by atoms with Gasteiger partial charge in [0, 0.05) is 38.8 Å². The van der Waals surface area contributed by atoms with Gasteiger partial charge in [-0.1, -0.05) is 29.8 Å². The Balaban J connectivity index is 1.60. The number of aromatic nitrogens is 1. The van der Waals surface area contributed by atoms with Crippen LogP contribution in [0.1, 0.15) is 17.5 Å². The highest BCUT2D eigenvalue weighted by molar-refractivity contribution is 5.43. The van der Waals surface area contributed by atoms with Gasteiger partial charge in [-0.15, -0.1) is 0 Å². The lowest BCUT2D eigenvalue weighted by Crippen LogP contribution is -2.30. The molecule has 1 aliphatic rings. The zero-order chi connectivity index (χ0) is 16.9. The molecule has 0 aliphatic carbocycles. The lowest BCUT2D eigenvalue weighted by molar-refractivity contribution is -0.385. The standard InChI is InChI=1S/C18H22N4O2/c1-15-3-5-16(6-4-15)14-20-9-2-10-21(12-11-20)18-8-7-17(13-19-18)22(23)24/h3-8,13H,2,9-12,14H2,1H3. The Morgan fingerprint density at radius 2 is 1.88 bits per heavy atom. The molecule has 1 aliphatic heterocycles. The lowest BCUT2D eigenvalue weighted by Gasteiger charge is -2.22. The van der Waals surface area contributed by atoms with E-state index in [1.165, 1.54) is 23.4 Å². The molecule has 0 bridgehead atoms. The van der Waals surface area contributed by atoms with Crippen molar-refractivity contribution in [3.63, 3.8) is 0 Å². The summed E-state index contributed by atoms with van der Waals surface area (Å²) in [5, 5.41) is 10.7. The van der Waals surface area contributed by atoms with Crippen LogP contribution in [-0.2, 0) is 6.54 Å². The second-order valence-electron chi connectivity index (χ2n) is 6.23. The van der Waals surface area contributed by atoms with Crippen LogP contribution in [0.5, 0.6) is 0 Å². The van der Waals surface area contributed by atoms with Crippen LogP contribution in [0.2, 0.25) is 0 Å². The van der Waals surface area contributed by atoms with Gasteiger partial charge in [0.05, 0.1) is 4.92 Å². The molecule has 1 aromatic heterocycles. The van der Waals surface area contributed by atoms with Gasteiger partial charge >= 0.3 is 0 Å². The number of benzene rings is 1. The van der Waals surface area contributed by atoms with Gasteiger partial charge in [-0.2, -0.15) is 0 Å². The molecule has 24 heavy (non-hydrogen) atoms. The van der Waals surface area contributed by atoms with Gasteiger partial charge in [0.15, 0.2) is 0 Å². The number of nitro groups is 1. The molecule has 3 rings (SSSR count). The Hall–Kier alpha value is -2.47. The van der Waals surface area contributed by atoms with Gasteiger partial charge in [-0.25, -0.2) is 4.98 Å². The van der Waals surface area contributed by atoms with Crippen LogP contribution < -0.4 is 4.90 Å². The fourth-order valence-corrected chi connectivity index (χ4v) is 2.98. The Labute approximate surface area is 141 Å². The summed E-state index contributed by atoms with van der Waals surface area (Å²) in [4.78, 5) is 19.2. The average Bonchev–Trinajstić information content (AvgIpc) is 2.83. The van der Waals surface area contributed by atoms with Gasteiger partial charge in [-0.05, 0) is 25.0 Å². The molecule has 0 atom stereocenters. The fraction of sp³-hybridized carbons (Fsp3) is 0.389. The Morgan fingerprint density at radius 1 is 1.08 bits per heavy atom. The number of pyridine rings is 1. The van der Waals surface area contributed by atoms with E-state index in [1.807, 2.05) is 0 Å². The van der Waals surface area contributed by atoms with Crippen LogP contribution in [0.15, 0.2) is 42.6 Å². The molecule has 0 saturated carbocycles. The van der Waals surface area contributed by atoms with E-state index in [4.69, 9.17) is 0 Å². The van der Waals surface area contributed by atoms with E-state index in [0.717, 1.165) is 45.0 Å². The van der Waals surface area contributed by atoms with Crippen LogP contribution in [-0.4, -0.2) is 41.0 Å². The third-order valence-corrected chi connectivity index (χ3v) is 4.38. The molecule has 0 unspecified atom stereocenters. The van der Waals surface area contributed by atoms with Crippen LogP contribution in [0.4, 0.5) is 11.5 Å². The van der Waals surface area contributed by atoms with Gasteiger partial charge in [0.25, 0.3) is 5.69 Å². The smallest absolute Gasteiger partial charge is 0.287 e. The molecule has 2 heterocycles. The molecule has 1 saturated heterocycles. The molecule has 0 N–H and O–H groups in total. The summed E-state index contributed by atoms with van der Waals surface area (Å²) >= 11 is 0. The fourth-order valence-electron chi connectivity index (χ4n) is 2.98.